The Balaban J connectivity index is 1.83. The second kappa shape index (κ2) is 5.71. The highest BCUT2D eigenvalue weighted by Gasteiger charge is 2.23. The number of rotatable bonds is 3. The summed E-state index contributed by atoms with van der Waals surface area (Å²) < 4.78 is 4.63. The molecule has 4 aromatic rings. The minimum absolute atomic E-state index is 0.0267. The van der Waals surface area contributed by atoms with Crippen molar-refractivity contribution in [2.45, 2.75) is 0 Å². The van der Waals surface area contributed by atoms with Gasteiger partial charge >= 0.3 is 5.97 Å². The number of thiazole rings is 1. The number of nitrogens with two attached hydrogens (primary N) is 1. The molecule has 0 aliphatic heterocycles. The van der Waals surface area contributed by atoms with Gasteiger partial charge in [0.05, 0.1) is 18.2 Å². The molecule has 0 fully saturated rings. The van der Waals surface area contributed by atoms with Gasteiger partial charge in [-0.2, -0.15) is 0 Å². The number of ketones is 1. The van der Waals surface area contributed by atoms with Crippen molar-refractivity contribution < 1.29 is 14.3 Å². The molecule has 0 aliphatic carbocycles. The molecule has 3 N–H and O–H groups in total. The van der Waals surface area contributed by atoms with Gasteiger partial charge in [-0.1, -0.05) is 47.7 Å². The van der Waals surface area contributed by atoms with Crippen molar-refractivity contribution in [3.05, 3.63) is 58.9 Å². The van der Waals surface area contributed by atoms with Crippen LogP contribution in [0.5, 0.6) is 0 Å². The highest BCUT2D eigenvalue weighted by atomic mass is 32.1. The van der Waals surface area contributed by atoms with Crippen molar-refractivity contribution in [3.63, 3.8) is 0 Å². The number of carbonyl (C=O) groups excluding carboxylic acids is 2. The molecular formula is C18H13N3O3S. The van der Waals surface area contributed by atoms with Gasteiger partial charge in [-0.15, -0.1) is 0 Å². The number of anilines is 1. The molecule has 0 amide bonds. The summed E-state index contributed by atoms with van der Waals surface area (Å²) in [4.78, 5) is 31.7. The van der Waals surface area contributed by atoms with Gasteiger partial charge in [-0.05, 0) is 5.39 Å². The number of ether oxygens (including phenoxy) is 1. The predicted molar refractivity (Wildman–Crippen MR) is 97.1 cm³/mol. The lowest BCUT2D eigenvalue weighted by Gasteiger charge is -2.00. The van der Waals surface area contributed by atoms with Crippen molar-refractivity contribution in [3.8, 4) is 0 Å². The van der Waals surface area contributed by atoms with Gasteiger partial charge in [-0.3, -0.25) is 4.79 Å². The van der Waals surface area contributed by atoms with Crippen LogP contribution in [0.3, 0.4) is 0 Å². The Morgan fingerprint density at radius 3 is 2.76 bits per heavy atom. The third kappa shape index (κ3) is 2.36. The van der Waals surface area contributed by atoms with Crippen LogP contribution in [0.2, 0.25) is 0 Å². The maximum atomic E-state index is 12.9. The molecule has 7 heteroatoms. The number of methoxy groups -OCH3 is 1. The molecule has 124 valence electrons. The SMILES string of the molecule is COC(=O)c1nc(C(=O)c2c[nH]c3c2ccc2ccccc23)sc1N. The van der Waals surface area contributed by atoms with E-state index in [1.54, 1.807) is 6.20 Å². The molecule has 0 unspecified atom stereocenters. The molecule has 0 saturated carbocycles. The highest BCUT2D eigenvalue weighted by molar-refractivity contribution is 7.18. The zero-order valence-electron chi connectivity index (χ0n) is 13.2. The minimum Gasteiger partial charge on any atom is -0.464 e. The number of aromatic amines is 1. The molecular weight excluding hydrogens is 338 g/mol. The van der Waals surface area contributed by atoms with Crippen LogP contribution < -0.4 is 5.73 Å². The first kappa shape index (κ1) is 15.3. The fraction of sp³-hybridized carbons (Fsp3) is 0.0556. The van der Waals surface area contributed by atoms with Crippen LogP contribution in [0, 0.1) is 0 Å². The number of nitrogens with zero attached hydrogens (tertiary/aromatic N) is 1. The van der Waals surface area contributed by atoms with Gasteiger partial charge in [0.15, 0.2) is 10.7 Å². The van der Waals surface area contributed by atoms with E-state index in [9.17, 15) is 9.59 Å². The lowest BCUT2D eigenvalue weighted by Crippen LogP contribution is -2.06. The van der Waals surface area contributed by atoms with Crippen LogP contribution in [-0.4, -0.2) is 28.8 Å². The topological polar surface area (TPSA) is 98.1 Å². The average molecular weight is 351 g/mol. The van der Waals surface area contributed by atoms with Gasteiger partial charge in [0.2, 0.25) is 5.78 Å². The van der Waals surface area contributed by atoms with Crippen molar-refractivity contribution in [2.24, 2.45) is 0 Å². The number of fused-ring (bicyclic) bond motifs is 3. The third-order valence-electron chi connectivity index (χ3n) is 4.05. The smallest absolute Gasteiger partial charge is 0.359 e. The number of hydrogen-bond donors (Lipinski definition) is 2. The first-order valence-corrected chi connectivity index (χ1v) is 8.30. The van der Waals surface area contributed by atoms with E-state index < -0.39 is 5.97 Å². The second-order valence-corrected chi connectivity index (χ2v) is 6.49. The summed E-state index contributed by atoms with van der Waals surface area (Å²) in [5, 5.41) is 3.25. The Hall–Kier alpha value is -3.19. The van der Waals surface area contributed by atoms with Crippen LogP contribution >= 0.6 is 11.3 Å². The molecule has 2 aromatic heterocycles. The predicted octanol–water partition coefficient (Wildman–Crippen LogP) is 3.38. The Bertz CT molecular complexity index is 1140. The fourth-order valence-corrected chi connectivity index (χ4v) is 3.62. The number of benzene rings is 2. The Morgan fingerprint density at radius 1 is 1.16 bits per heavy atom. The van der Waals surface area contributed by atoms with Crippen molar-refractivity contribution in [1.29, 1.82) is 0 Å². The van der Waals surface area contributed by atoms with Gasteiger partial charge in [-0.25, -0.2) is 9.78 Å². The summed E-state index contributed by atoms with van der Waals surface area (Å²) in [7, 11) is 1.24. The number of H-pyrrole nitrogens is 1. The van der Waals surface area contributed by atoms with Crippen molar-refractivity contribution >= 4 is 49.8 Å². The zero-order valence-corrected chi connectivity index (χ0v) is 14.0. The van der Waals surface area contributed by atoms with E-state index in [2.05, 4.69) is 14.7 Å². The lowest BCUT2D eigenvalue weighted by atomic mass is 10.0. The standard InChI is InChI=1S/C18H13N3O3S/c1-24-18(23)14-16(19)25-17(21-14)15(22)12-8-20-13-10-5-3-2-4-9(10)6-7-11(12)13/h2-8,20H,19H2,1H3. The van der Waals surface area contributed by atoms with Gasteiger partial charge in [0.25, 0.3) is 0 Å². The summed E-state index contributed by atoms with van der Waals surface area (Å²) in [6, 6.07) is 11.8. The van der Waals surface area contributed by atoms with Crippen LogP contribution in [0.1, 0.15) is 25.9 Å². The molecule has 0 bridgehead atoms. The van der Waals surface area contributed by atoms with E-state index in [0.29, 0.717) is 5.56 Å². The zero-order chi connectivity index (χ0) is 17.6. The molecule has 2 aromatic carbocycles. The summed E-state index contributed by atoms with van der Waals surface area (Å²) in [6.45, 7) is 0. The number of nitrogen functional groups attached to an aromatic ring is 1. The Labute approximate surface area is 146 Å². The minimum atomic E-state index is -0.655. The van der Waals surface area contributed by atoms with E-state index >= 15 is 0 Å². The molecule has 2 heterocycles. The lowest BCUT2D eigenvalue weighted by molar-refractivity contribution is 0.0596. The molecule has 0 aliphatic rings. The monoisotopic (exact) mass is 351 g/mol. The fourth-order valence-electron chi connectivity index (χ4n) is 2.85. The molecule has 4 rings (SSSR count). The molecule has 0 atom stereocenters. The van der Waals surface area contributed by atoms with E-state index in [1.807, 2.05) is 36.4 Å². The Morgan fingerprint density at radius 2 is 1.96 bits per heavy atom. The molecule has 0 saturated heterocycles. The highest BCUT2D eigenvalue weighted by Crippen LogP contribution is 2.30. The largest absolute Gasteiger partial charge is 0.464 e. The van der Waals surface area contributed by atoms with Gasteiger partial charge in [0, 0.05) is 17.0 Å². The number of nitrogens with one attached hydrogen (secondary N) is 1. The van der Waals surface area contributed by atoms with Gasteiger partial charge in [0.1, 0.15) is 5.00 Å². The third-order valence-corrected chi connectivity index (χ3v) is 4.93. The summed E-state index contributed by atoms with van der Waals surface area (Å²) in [6.07, 6.45) is 1.66. The summed E-state index contributed by atoms with van der Waals surface area (Å²) in [5.74, 6) is -0.939. The summed E-state index contributed by atoms with van der Waals surface area (Å²) in [5.41, 5.74) is 7.14. The van der Waals surface area contributed by atoms with Crippen LogP contribution in [0.4, 0.5) is 5.00 Å². The molecule has 0 spiro atoms. The first-order chi connectivity index (χ1) is 12.1. The summed E-state index contributed by atoms with van der Waals surface area (Å²) >= 11 is 0.979. The van der Waals surface area contributed by atoms with Gasteiger partial charge < -0.3 is 15.5 Å². The average Bonchev–Trinajstić information content (AvgIpc) is 3.24. The normalized spacial score (nSPS) is 11.1. The number of aromatic nitrogens is 2. The van der Waals surface area contributed by atoms with E-state index in [1.165, 1.54) is 7.11 Å². The maximum absolute atomic E-state index is 12.9. The van der Waals surface area contributed by atoms with Crippen LogP contribution in [0.25, 0.3) is 21.7 Å². The first-order valence-electron chi connectivity index (χ1n) is 7.48. The van der Waals surface area contributed by atoms with E-state index in [4.69, 9.17) is 5.73 Å². The number of carbonyl (C=O) groups is 2. The number of esters is 1. The quantitative estimate of drug-likeness (QED) is 0.435. The van der Waals surface area contributed by atoms with E-state index in [-0.39, 0.29) is 21.5 Å². The van der Waals surface area contributed by atoms with Crippen LogP contribution in [-0.2, 0) is 4.74 Å². The van der Waals surface area contributed by atoms with Crippen molar-refractivity contribution in [1.82, 2.24) is 9.97 Å². The van der Waals surface area contributed by atoms with Crippen LogP contribution in [0.15, 0.2) is 42.6 Å². The molecule has 6 nitrogen and oxygen atoms in total. The molecule has 25 heavy (non-hydrogen) atoms. The molecule has 0 radical (unpaired) electrons. The van der Waals surface area contributed by atoms with Crippen molar-refractivity contribution in [2.75, 3.05) is 12.8 Å². The maximum Gasteiger partial charge on any atom is 0.359 e. The second-order valence-electron chi connectivity index (χ2n) is 5.46. The van der Waals surface area contributed by atoms with E-state index in [0.717, 1.165) is 33.0 Å². The Kier molecular flexibility index (Phi) is 3.51. The number of hydrogen-bond acceptors (Lipinski definition) is 6.